The van der Waals surface area contributed by atoms with Gasteiger partial charge >= 0.3 is 0 Å². The summed E-state index contributed by atoms with van der Waals surface area (Å²) in [5.74, 6) is -0.128. The van der Waals surface area contributed by atoms with Crippen LogP contribution < -0.4 is 10.5 Å². The van der Waals surface area contributed by atoms with Gasteiger partial charge in [-0.2, -0.15) is 0 Å². The van der Waals surface area contributed by atoms with Crippen LogP contribution in [-0.4, -0.2) is 20.5 Å². The van der Waals surface area contributed by atoms with E-state index in [4.69, 9.17) is 5.14 Å². The monoisotopic (exact) mass is 317 g/mol. The molecule has 0 saturated heterocycles. The van der Waals surface area contributed by atoms with Crippen LogP contribution in [0.5, 0.6) is 0 Å². The third-order valence-electron chi connectivity index (χ3n) is 2.76. The molecule has 2 aromatic rings. The number of carbonyl (C=O) groups is 1. The Balaban J connectivity index is 2.10. The second-order valence-corrected chi connectivity index (χ2v) is 6.16. The number of hydrogen-bond donors (Lipinski definition) is 2. The lowest BCUT2D eigenvalue weighted by Gasteiger charge is -2.01. The van der Waals surface area contributed by atoms with E-state index in [2.05, 4.69) is 10.3 Å². The second kappa shape index (κ2) is 6.50. The average Bonchev–Trinajstić information content (AvgIpc) is 2.45. The SMILES string of the molecule is CC(=O)Nc1ccc(C=Nc2ccc(S(N)(=O)=O)cc2)cc1. The fraction of sp³-hybridized carbons (Fsp3) is 0.0667. The Morgan fingerprint density at radius 3 is 2.18 bits per heavy atom. The van der Waals surface area contributed by atoms with Crippen LogP contribution in [-0.2, 0) is 14.8 Å². The molecular weight excluding hydrogens is 302 g/mol. The van der Waals surface area contributed by atoms with Gasteiger partial charge < -0.3 is 5.32 Å². The van der Waals surface area contributed by atoms with Crippen molar-refractivity contribution in [2.75, 3.05) is 5.32 Å². The molecule has 0 saturated carbocycles. The topological polar surface area (TPSA) is 102 Å². The van der Waals surface area contributed by atoms with Crippen molar-refractivity contribution in [3.63, 3.8) is 0 Å². The third-order valence-corrected chi connectivity index (χ3v) is 3.69. The fourth-order valence-corrected chi connectivity index (χ4v) is 2.24. The van der Waals surface area contributed by atoms with Crippen molar-refractivity contribution < 1.29 is 13.2 Å². The van der Waals surface area contributed by atoms with Crippen molar-refractivity contribution >= 4 is 33.5 Å². The summed E-state index contributed by atoms with van der Waals surface area (Å²) in [6.45, 7) is 1.45. The van der Waals surface area contributed by atoms with E-state index in [1.165, 1.54) is 19.1 Å². The number of anilines is 1. The van der Waals surface area contributed by atoms with Crippen LogP contribution in [0.3, 0.4) is 0 Å². The zero-order chi connectivity index (χ0) is 16.2. The summed E-state index contributed by atoms with van der Waals surface area (Å²) < 4.78 is 22.3. The van der Waals surface area contributed by atoms with Crippen LogP contribution in [0.2, 0.25) is 0 Å². The predicted octanol–water partition coefficient (Wildman–Crippen LogP) is 2.04. The minimum absolute atomic E-state index is 0.0473. The first-order valence-corrected chi connectivity index (χ1v) is 7.94. The van der Waals surface area contributed by atoms with Gasteiger partial charge in [0.25, 0.3) is 0 Å². The molecule has 6 nitrogen and oxygen atoms in total. The predicted molar refractivity (Wildman–Crippen MR) is 85.8 cm³/mol. The van der Waals surface area contributed by atoms with Gasteiger partial charge in [0.15, 0.2) is 0 Å². The van der Waals surface area contributed by atoms with E-state index in [0.717, 1.165) is 5.56 Å². The van der Waals surface area contributed by atoms with E-state index in [9.17, 15) is 13.2 Å². The molecule has 2 rings (SSSR count). The Hall–Kier alpha value is -2.51. The molecule has 7 heteroatoms. The van der Waals surface area contributed by atoms with Crippen molar-refractivity contribution in [3.05, 3.63) is 54.1 Å². The van der Waals surface area contributed by atoms with Gasteiger partial charge in [-0.15, -0.1) is 0 Å². The first-order valence-electron chi connectivity index (χ1n) is 6.39. The molecule has 0 radical (unpaired) electrons. The number of benzene rings is 2. The average molecular weight is 317 g/mol. The number of nitrogens with two attached hydrogens (primary N) is 1. The maximum atomic E-state index is 11.1. The van der Waals surface area contributed by atoms with Gasteiger partial charge in [-0.05, 0) is 42.0 Å². The van der Waals surface area contributed by atoms with Crippen molar-refractivity contribution in [3.8, 4) is 0 Å². The van der Waals surface area contributed by atoms with Gasteiger partial charge in [0, 0.05) is 18.8 Å². The number of hydrogen-bond acceptors (Lipinski definition) is 4. The maximum Gasteiger partial charge on any atom is 0.238 e. The molecule has 22 heavy (non-hydrogen) atoms. The Morgan fingerprint density at radius 1 is 1.09 bits per heavy atom. The van der Waals surface area contributed by atoms with E-state index < -0.39 is 10.0 Å². The lowest BCUT2D eigenvalue weighted by molar-refractivity contribution is -0.114. The number of primary sulfonamides is 1. The standard InChI is InChI=1S/C15H15N3O3S/c1-11(19)18-14-4-2-12(3-5-14)10-17-13-6-8-15(9-7-13)22(16,20)21/h2-10H,1H3,(H,18,19)(H2,16,20,21). The lowest BCUT2D eigenvalue weighted by Crippen LogP contribution is -2.11. The molecule has 0 aliphatic carbocycles. The first-order chi connectivity index (χ1) is 10.3. The van der Waals surface area contributed by atoms with Crippen LogP contribution in [0.1, 0.15) is 12.5 Å². The van der Waals surface area contributed by atoms with Crippen LogP contribution in [0.4, 0.5) is 11.4 Å². The third kappa shape index (κ3) is 4.51. The summed E-state index contributed by atoms with van der Waals surface area (Å²) in [6.07, 6.45) is 1.64. The van der Waals surface area contributed by atoms with Crippen molar-refractivity contribution in [2.24, 2.45) is 10.1 Å². The molecule has 0 aliphatic heterocycles. The summed E-state index contributed by atoms with van der Waals surface area (Å²) in [6, 6.07) is 13.1. The van der Waals surface area contributed by atoms with E-state index in [1.54, 1.807) is 30.5 Å². The molecule has 114 valence electrons. The minimum atomic E-state index is -3.69. The Bertz CT molecular complexity index is 795. The molecular formula is C15H15N3O3S. The molecule has 0 bridgehead atoms. The molecule has 0 unspecified atom stereocenters. The molecule has 0 spiro atoms. The van der Waals surface area contributed by atoms with Crippen LogP contribution in [0.25, 0.3) is 0 Å². The van der Waals surface area contributed by atoms with E-state index >= 15 is 0 Å². The van der Waals surface area contributed by atoms with Gasteiger partial charge in [-0.25, -0.2) is 13.6 Å². The number of rotatable bonds is 4. The Kier molecular flexibility index (Phi) is 4.69. The van der Waals surface area contributed by atoms with Crippen LogP contribution in [0.15, 0.2) is 58.4 Å². The van der Waals surface area contributed by atoms with Gasteiger partial charge in [-0.1, -0.05) is 12.1 Å². The number of aliphatic imine (C=N–C) groups is 1. The smallest absolute Gasteiger partial charge is 0.238 e. The number of amides is 1. The minimum Gasteiger partial charge on any atom is -0.326 e. The number of nitrogens with one attached hydrogen (secondary N) is 1. The second-order valence-electron chi connectivity index (χ2n) is 4.60. The lowest BCUT2D eigenvalue weighted by atomic mass is 10.2. The zero-order valence-corrected chi connectivity index (χ0v) is 12.7. The summed E-state index contributed by atoms with van der Waals surface area (Å²) in [7, 11) is -3.69. The van der Waals surface area contributed by atoms with E-state index in [0.29, 0.717) is 11.4 Å². The van der Waals surface area contributed by atoms with Gasteiger partial charge in [0.1, 0.15) is 0 Å². The van der Waals surface area contributed by atoms with Crippen molar-refractivity contribution in [1.82, 2.24) is 0 Å². The van der Waals surface area contributed by atoms with E-state index in [1.807, 2.05) is 12.1 Å². The molecule has 3 N–H and O–H groups in total. The largest absolute Gasteiger partial charge is 0.326 e. The van der Waals surface area contributed by atoms with Gasteiger partial charge in [0.2, 0.25) is 15.9 Å². The fourth-order valence-electron chi connectivity index (χ4n) is 1.73. The zero-order valence-electron chi connectivity index (χ0n) is 11.9. The number of sulfonamides is 1. The first kappa shape index (κ1) is 15.9. The highest BCUT2D eigenvalue weighted by atomic mass is 32.2. The highest BCUT2D eigenvalue weighted by molar-refractivity contribution is 7.89. The van der Waals surface area contributed by atoms with Crippen molar-refractivity contribution in [2.45, 2.75) is 11.8 Å². The molecule has 0 aliphatic rings. The summed E-state index contributed by atoms with van der Waals surface area (Å²) in [4.78, 5) is 15.2. The van der Waals surface area contributed by atoms with Crippen LogP contribution >= 0.6 is 0 Å². The van der Waals surface area contributed by atoms with E-state index in [-0.39, 0.29) is 10.8 Å². The Morgan fingerprint density at radius 2 is 1.68 bits per heavy atom. The molecule has 0 heterocycles. The van der Waals surface area contributed by atoms with Gasteiger partial charge in [-0.3, -0.25) is 9.79 Å². The number of nitrogens with zero attached hydrogens (tertiary/aromatic N) is 1. The number of carbonyl (C=O) groups excluding carboxylic acids is 1. The summed E-state index contributed by atoms with van der Waals surface area (Å²) in [5, 5.41) is 7.70. The highest BCUT2D eigenvalue weighted by Gasteiger charge is 2.05. The molecule has 1 amide bonds. The molecule has 0 atom stereocenters. The van der Waals surface area contributed by atoms with Crippen molar-refractivity contribution in [1.29, 1.82) is 0 Å². The van der Waals surface area contributed by atoms with Crippen LogP contribution in [0, 0.1) is 0 Å². The quantitative estimate of drug-likeness (QED) is 0.844. The molecule has 0 fully saturated rings. The molecule has 2 aromatic carbocycles. The Labute approximate surface area is 128 Å². The summed E-state index contributed by atoms with van der Waals surface area (Å²) >= 11 is 0. The normalized spacial score (nSPS) is 11.5. The highest BCUT2D eigenvalue weighted by Crippen LogP contribution is 2.16. The molecule has 0 aromatic heterocycles. The maximum absolute atomic E-state index is 11.1. The van der Waals surface area contributed by atoms with Gasteiger partial charge in [0.05, 0.1) is 10.6 Å². The summed E-state index contributed by atoms with van der Waals surface area (Å²) in [5.41, 5.74) is 2.17.